The van der Waals surface area contributed by atoms with Crippen molar-refractivity contribution in [2.75, 3.05) is 0 Å². The third kappa shape index (κ3) is 3.77. The van der Waals surface area contributed by atoms with E-state index in [4.69, 9.17) is 10.3 Å². The fourth-order valence-corrected chi connectivity index (χ4v) is 2.88. The van der Waals surface area contributed by atoms with Gasteiger partial charge in [0, 0.05) is 23.8 Å². The first-order valence-electron chi connectivity index (χ1n) is 6.95. The number of thiophene rings is 1. The lowest BCUT2D eigenvalue weighted by molar-refractivity contribution is 0.367. The van der Waals surface area contributed by atoms with Crippen molar-refractivity contribution in [3.63, 3.8) is 0 Å². The van der Waals surface area contributed by atoms with E-state index < -0.39 is 0 Å². The summed E-state index contributed by atoms with van der Waals surface area (Å²) in [5.74, 6) is 1.40. The Labute approximate surface area is 127 Å². The number of hydrogen-bond acceptors (Lipinski definition) is 5. The summed E-state index contributed by atoms with van der Waals surface area (Å²) in [5.41, 5.74) is 7.31. The molecule has 0 amide bonds. The average molecular weight is 299 g/mol. The minimum absolute atomic E-state index is 0.00107. The van der Waals surface area contributed by atoms with Crippen LogP contribution in [0.1, 0.15) is 34.6 Å². The van der Waals surface area contributed by atoms with Crippen LogP contribution in [0.15, 0.2) is 52.4 Å². The number of nitrogens with two attached hydrogens (primary N) is 1. The molecule has 2 heterocycles. The van der Waals surface area contributed by atoms with E-state index in [2.05, 4.69) is 21.6 Å². The number of nitrogens with zero attached hydrogens (tertiary/aromatic N) is 2. The molecule has 1 aromatic carbocycles. The van der Waals surface area contributed by atoms with Crippen molar-refractivity contribution in [2.24, 2.45) is 5.73 Å². The van der Waals surface area contributed by atoms with Gasteiger partial charge in [-0.3, -0.25) is 0 Å². The molecule has 2 N–H and O–H groups in total. The van der Waals surface area contributed by atoms with Crippen LogP contribution in [0.25, 0.3) is 0 Å². The lowest BCUT2D eigenvalue weighted by atomic mass is 10.0. The largest absolute Gasteiger partial charge is 0.339 e. The maximum atomic E-state index is 6.17. The molecule has 5 heteroatoms. The third-order valence-electron chi connectivity index (χ3n) is 3.32. The predicted octanol–water partition coefficient (Wildman–Crippen LogP) is 3.35. The SMILES string of the molecule is NC(CCc1nc(Cc2cccs2)no1)c1ccccc1. The Morgan fingerprint density at radius 2 is 2.00 bits per heavy atom. The van der Waals surface area contributed by atoms with E-state index in [1.807, 2.05) is 36.4 Å². The Kier molecular flexibility index (Phi) is 4.43. The summed E-state index contributed by atoms with van der Waals surface area (Å²) in [6, 6.07) is 14.2. The minimum atomic E-state index is -0.00107. The second-order valence-corrected chi connectivity index (χ2v) is 5.95. The van der Waals surface area contributed by atoms with Crippen LogP contribution < -0.4 is 5.73 Å². The van der Waals surface area contributed by atoms with Gasteiger partial charge in [0.05, 0.1) is 0 Å². The van der Waals surface area contributed by atoms with E-state index in [0.717, 1.165) is 24.2 Å². The zero-order valence-electron chi connectivity index (χ0n) is 11.6. The lowest BCUT2D eigenvalue weighted by Crippen LogP contribution is -2.11. The van der Waals surface area contributed by atoms with Gasteiger partial charge in [-0.1, -0.05) is 41.6 Å². The molecule has 0 fully saturated rings. The highest BCUT2D eigenvalue weighted by Crippen LogP contribution is 2.17. The maximum absolute atomic E-state index is 6.17. The van der Waals surface area contributed by atoms with Crippen LogP contribution >= 0.6 is 11.3 Å². The van der Waals surface area contributed by atoms with Crippen molar-refractivity contribution in [3.8, 4) is 0 Å². The molecule has 0 spiro atoms. The molecular weight excluding hydrogens is 282 g/mol. The zero-order chi connectivity index (χ0) is 14.5. The summed E-state index contributed by atoms with van der Waals surface area (Å²) < 4.78 is 5.29. The van der Waals surface area contributed by atoms with Crippen LogP contribution in [0.2, 0.25) is 0 Å². The first kappa shape index (κ1) is 14.0. The smallest absolute Gasteiger partial charge is 0.226 e. The molecule has 3 rings (SSSR count). The van der Waals surface area contributed by atoms with E-state index in [1.165, 1.54) is 4.88 Å². The second kappa shape index (κ2) is 6.65. The molecule has 21 heavy (non-hydrogen) atoms. The summed E-state index contributed by atoms with van der Waals surface area (Å²) in [6.07, 6.45) is 2.23. The number of hydrogen-bond donors (Lipinski definition) is 1. The van der Waals surface area contributed by atoms with Gasteiger partial charge in [0.25, 0.3) is 0 Å². The zero-order valence-corrected chi connectivity index (χ0v) is 12.4. The molecule has 0 radical (unpaired) electrons. The van der Waals surface area contributed by atoms with Gasteiger partial charge in [0.1, 0.15) is 0 Å². The molecule has 0 aliphatic rings. The van der Waals surface area contributed by atoms with Crippen molar-refractivity contribution in [3.05, 3.63) is 70.0 Å². The molecule has 0 aliphatic heterocycles. The summed E-state index contributed by atoms with van der Waals surface area (Å²) in [5, 5.41) is 6.07. The van der Waals surface area contributed by atoms with Gasteiger partial charge in [0.2, 0.25) is 5.89 Å². The summed E-state index contributed by atoms with van der Waals surface area (Å²) >= 11 is 1.70. The molecule has 0 saturated carbocycles. The molecule has 4 nitrogen and oxygen atoms in total. The second-order valence-electron chi connectivity index (χ2n) is 4.92. The van der Waals surface area contributed by atoms with E-state index in [1.54, 1.807) is 11.3 Å². The molecule has 1 unspecified atom stereocenters. The Morgan fingerprint density at radius 3 is 2.76 bits per heavy atom. The number of aryl methyl sites for hydroxylation is 1. The Balaban J connectivity index is 1.55. The van der Waals surface area contributed by atoms with Crippen LogP contribution in [-0.2, 0) is 12.8 Å². The van der Waals surface area contributed by atoms with Crippen molar-refractivity contribution >= 4 is 11.3 Å². The summed E-state index contributed by atoms with van der Waals surface area (Å²) in [7, 11) is 0. The molecule has 2 aromatic heterocycles. The van der Waals surface area contributed by atoms with E-state index >= 15 is 0 Å². The van der Waals surface area contributed by atoms with Crippen molar-refractivity contribution in [1.82, 2.24) is 10.1 Å². The van der Waals surface area contributed by atoms with Gasteiger partial charge >= 0.3 is 0 Å². The van der Waals surface area contributed by atoms with Gasteiger partial charge in [0.15, 0.2) is 5.82 Å². The highest BCUT2D eigenvalue weighted by molar-refractivity contribution is 7.09. The Hall–Kier alpha value is -1.98. The van der Waals surface area contributed by atoms with Gasteiger partial charge in [-0.05, 0) is 23.4 Å². The van der Waals surface area contributed by atoms with Crippen LogP contribution in [0.5, 0.6) is 0 Å². The number of benzene rings is 1. The molecular formula is C16H17N3OS. The molecule has 108 valence electrons. The lowest BCUT2D eigenvalue weighted by Gasteiger charge is -2.09. The molecule has 0 aliphatic carbocycles. The minimum Gasteiger partial charge on any atom is -0.339 e. The number of rotatable bonds is 6. The highest BCUT2D eigenvalue weighted by atomic mass is 32.1. The highest BCUT2D eigenvalue weighted by Gasteiger charge is 2.11. The quantitative estimate of drug-likeness (QED) is 0.758. The van der Waals surface area contributed by atoms with Crippen LogP contribution in [0.3, 0.4) is 0 Å². The van der Waals surface area contributed by atoms with E-state index in [9.17, 15) is 0 Å². The fraction of sp³-hybridized carbons (Fsp3) is 0.250. The van der Waals surface area contributed by atoms with Crippen LogP contribution in [0.4, 0.5) is 0 Å². The molecule has 0 saturated heterocycles. The normalized spacial score (nSPS) is 12.4. The first-order chi connectivity index (χ1) is 10.3. The standard InChI is InChI=1S/C16H17N3OS/c17-14(12-5-2-1-3-6-12)8-9-16-18-15(19-20-16)11-13-7-4-10-21-13/h1-7,10,14H,8-9,11,17H2. The first-order valence-corrected chi connectivity index (χ1v) is 7.83. The van der Waals surface area contributed by atoms with Crippen molar-refractivity contribution in [2.45, 2.75) is 25.3 Å². The Morgan fingerprint density at radius 1 is 1.14 bits per heavy atom. The number of aromatic nitrogens is 2. The third-order valence-corrected chi connectivity index (χ3v) is 4.20. The van der Waals surface area contributed by atoms with Gasteiger partial charge in [-0.15, -0.1) is 11.3 Å². The van der Waals surface area contributed by atoms with Crippen LogP contribution in [0, 0.1) is 0 Å². The van der Waals surface area contributed by atoms with Crippen molar-refractivity contribution in [1.29, 1.82) is 0 Å². The van der Waals surface area contributed by atoms with Gasteiger partial charge in [-0.2, -0.15) is 4.98 Å². The predicted molar refractivity (Wildman–Crippen MR) is 83.1 cm³/mol. The summed E-state index contributed by atoms with van der Waals surface area (Å²) in [4.78, 5) is 5.66. The molecule has 1 atom stereocenters. The van der Waals surface area contributed by atoms with Crippen LogP contribution in [-0.4, -0.2) is 10.1 Å². The fourth-order valence-electron chi connectivity index (χ4n) is 2.18. The molecule has 3 aromatic rings. The topological polar surface area (TPSA) is 64.9 Å². The molecule has 0 bridgehead atoms. The van der Waals surface area contributed by atoms with Gasteiger partial charge in [-0.25, -0.2) is 0 Å². The van der Waals surface area contributed by atoms with Gasteiger partial charge < -0.3 is 10.3 Å². The average Bonchev–Trinajstić information content (AvgIpc) is 3.18. The summed E-state index contributed by atoms with van der Waals surface area (Å²) in [6.45, 7) is 0. The maximum Gasteiger partial charge on any atom is 0.226 e. The van der Waals surface area contributed by atoms with Crippen molar-refractivity contribution < 1.29 is 4.52 Å². The van der Waals surface area contributed by atoms with E-state index in [0.29, 0.717) is 12.3 Å². The Bertz CT molecular complexity index is 664. The van der Waals surface area contributed by atoms with E-state index in [-0.39, 0.29) is 6.04 Å². The monoisotopic (exact) mass is 299 g/mol.